The Morgan fingerprint density at radius 3 is 2.38 bits per heavy atom. The highest BCUT2D eigenvalue weighted by atomic mass is 16.5. The molecule has 0 amide bonds. The zero-order chi connectivity index (χ0) is 15.1. The molecule has 0 aromatic heterocycles. The third kappa shape index (κ3) is 2.50. The van der Waals surface area contributed by atoms with E-state index in [-0.39, 0.29) is 6.10 Å². The van der Waals surface area contributed by atoms with Crippen LogP contribution >= 0.6 is 0 Å². The summed E-state index contributed by atoms with van der Waals surface area (Å²) in [6.45, 7) is 7.91. The van der Waals surface area contributed by atoms with Gasteiger partial charge in [0.2, 0.25) is 0 Å². The lowest BCUT2D eigenvalue weighted by Gasteiger charge is -2.47. The summed E-state index contributed by atoms with van der Waals surface area (Å²) in [6.07, 6.45) is 2.69. The molecule has 2 heteroatoms. The zero-order valence-electron chi connectivity index (χ0n) is 13.8. The fourth-order valence-electron chi connectivity index (χ4n) is 4.21. The Morgan fingerprint density at radius 1 is 1.10 bits per heavy atom. The molecule has 0 saturated carbocycles. The summed E-state index contributed by atoms with van der Waals surface area (Å²) in [5.74, 6) is 2.56. The lowest BCUT2D eigenvalue weighted by molar-refractivity contribution is -0.0934. The monoisotopic (exact) mass is 285 g/mol. The number of rotatable bonds is 2. The van der Waals surface area contributed by atoms with Crippen molar-refractivity contribution in [3.05, 3.63) is 41.5 Å². The zero-order valence-corrected chi connectivity index (χ0v) is 13.8. The summed E-state index contributed by atoms with van der Waals surface area (Å²) < 4.78 is 6.29. The van der Waals surface area contributed by atoms with E-state index < -0.39 is 0 Å². The highest BCUT2D eigenvalue weighted by Gasteiger charge is 2.43. The molecule has 0 radical (unpaired) electrons. The first kappa shape index (κ1) is 14.6. The van der Waals surface area contributed by atoms with Crippen LogP contribution in [0.1, 0.15) is 32.4 Å². The molecule has 1 aliphatic carbocycles. The first-order chi connectivity index (χ1) is 9.99. The molecule has 21 heavy (non-hydrogen) atoms. The number of nitrogens with zero attached hydrogens (tertiary/aromatic N) is 1. The van der Waals surface area contributed by atoms with Crippen LogP contribution in [0.5, 0.6) is 0 Å². The molecule has 1 aromatic rings. The standard InChI is InChI=1S/C19H27NO/c1-12-10-13(2)18-14(3)17(12)11-21-19(18)15-6-8-16(9-7-15)20(4)5/h6-10,12,14,17-19H,11H2,1-5H3/t12-,14-,17-,18+,19+/m1/s1. The van der Waals surface area contributed by atoms with Gasteiger partial charge in [-0.1, -0.05) is 37.6 Å². The van der Waals surface area contributed by atoms with Gasteiger partial charge in [0, 0.05) is 25.7 Å². The van der Waals surface area contributed by atoms with Gasteiger partial charge in [0.1, 0.15) is 0 Å². The minimum Gasteiger partial charge on any atom is -0.378 e. The largest absolute Gasteiger partial charge is 0.378 e. The normalized spacial score (nSPS) is 35.3. The van der Waals surface area contributed by atoms with Gasteiger partial charge in [-0.3, -0.25) is 0 Å². The first-order valence-electron chi connectivity index (χ1n) is 8.06. The van der Waals surface area contributed by atoms with Crippen molar-refractivity contribution in [2.75, 3.05) is 25.6 Å². The van der Waals surface area contributed by atoms with Crippen molar-refractivity contribution in [3.63, 3.8) is 0 Å². The van der Waals surface area contributed by atoms with Gasteiger partial charge in [0.05, 0.1) is 12.7 Å². The van der Waals surface area contributed by atoms with E-state index in [0.717, 1.165) is 6.61 Å². The summed E-state index contributed by atoms with van der Waals surface area (Å²) in [6, 6.07) is 8.86. The summed E-state index contributed by atoms with van der Waals surface area (Å²) in [7, 11) is 4.16. The van der Waals surface area contributed by atoms with Crippen LogP contribution in [0.4, 0.5) is 5.69 Å². The maximum atomic E-state index is 6.29. The van der Waals surface area contributed by atoms with Crippen LogP contribution in [0, 0.1) is 23.7 Å². The molecule has 5 atom stereocenters. The topological polar surface area (TPSA) is 12.5 Å². The summed E-state index contributed by atoms with van der Waals surface area (Å²) in [4.78, 5) is 2.14. The molecule has 1 heterocycles. The van der Waals surface area contributed by atoms with E-state index in [0.29, 0.717) is 23.7 Å². The average molecular weight is 285 g/mol. The van der Waals surface area contributed by atoms with E-state index in [2.05, 4.69) is 70.1 Å². The Kier molecular flexibility index (Phi) is 3.83. The molecule has 114 valence electrons. The van der Waals surface area contributed by atoms with Crippen molar-refractivity contribution in [2.24, 2.45) is 23.7 Å². The van der Waals surface area contributed by atoms with Crippen molar-refractivity contribution in [1.29, 1.82) is 0 Å². The van der Waals surface area contributed by atoms with Gasteiger partial charge in [0.25, 0.3) is 0 Å². The van der Waals surface area contributed by atoms with Gasteiger partial charge < -0.3 is 9.64 Å². The molecule has 1 aromatic carbocycles. The number of hydrogen-bond donors (Lipinski definition) is 0. The molecule has 2 aliphatic rings. The van der Waals surface area contributed by atoms with Gasteiger partial charge in [0.15, 0.2) is 0 Å². The van der Waals surface area contributed by atoms with Crippen molar-refractivity contribution in [3.8, 4) is 0 Å². The molecule has 0 spiro atoms. The number of anilines is 1. The number of fused-ring (bicyclic) bond motifs is 2. The lowest BCUT2D eigenvalue weighted by atomic mass is 9.64. The fraction of sp³-hybridized carbons (Fsp3) is 0.579. The smallest absolute Gasteiger partial charge is 0.0892 e. The molecule has 3 rings (SSSR count). The van der Waals surface area contributed by atoms with Gasteiger partial charge in [-0.05, 0) is 42.4 Å². The van der Waals surface area contributed by atoms with E-state index in [4.69, 9.17) is 4.74 Å². The van der Waals surface area contributed by atoms with Crippen molar-refractivity contribution in [2.45, 2.75) is 26.9 Å². The second-order valence-electron chi connectivity index (χ2n) is 7.06. The van der Waals surface area contributed by atoms with E-state index in [1.807, 2.05) is 0 Å². The Morgan fingerprint density at radius 2 is 1.76 bits per heavy atom. The Labute approximate surface area is 128 Å². The van der Waals surface area contributed by atoms with Gasteiger partial charge >= 0.3 is 0 Å². The highest BCUT2D eigenvalue weighted by Crippen LogP contribution is 2.49. The number of hydrogen-bond acceptors (Lipinski definition) is 2. The fourth-order valence-corrected chi connectivity index (χ4v) is 4.21. The molecular formula is C19H27NO. The molecular weight excluding hydrogens is 258 g/mol. The maximum absolute atomic E-state index is 6.29. The number of allylic oxidation sites excluding steroid dienone is 1. The Hall–Kier alpha value is -1.28. The lowest BCUT2D eigenvalue weighted by Crippen LogP contribution is -2.42. The third-order valence-electron chi connectivity index (χ3n) is 5.50. The van der Waals surface area contributed by atoms with E-state index in [1.165, 1.54) is 16.8 Å². The van der Waals surface area contributed by atoms with E-state index >= 15 is 0 Å². The van der Waals surface area contributed by atoms with Crippen LogP contribution in [-0.2, 0) is 4.74 Å². The van der Waals surface area contributed by atoms with Crippen LogP contribution in [-0.4, -0.2) is 20.7 Å². The summed E-state index contributed by atoms with van der Waals surface area (Å²) >= 11 is 0. The minimum atomic E-state index is 0.219. The maximum Gasteiger partial charge on any atom is 0.0892 e. The molecule has 0 N–H and O–H groups in total. The van der Waals surface area contributed by atoms with Crippen LogP contribution in [0.25, 0.3) is 0 Å². The van der Waals surface area contributed by atoms with Gasteiger partial charge in [-0.2, -0.15) is 0 Å². The second kappa shape index (κ2) is 5.49. The van der Waals surface area contributed by atoms with Gasteiger partial charge in [-0.25, -0.2) is 0 Å². The minimum absolute atomic E-state index is 0.219. The number of benzene rings is 1. The third-order valence-corrected chi connectivity index (χ3v) is 5.50. The van der Waals surface area contributed by atoms with Crippen LogP contribution in [0.2, 0.25) is 0 Å². The van der Waals surface area contributed by atoms with Crippen LogP contribution in [0.15, 0.2) is 35.9 Å². The molecule has 1 aliphatic heterocycles. The second-order valence-corrected chi connectivity index (χ2v) is 7.06. The molecule has 1 saturated heterocycles. The van der Waals surface area contributed by atoms with Crippen molar-refractivity contribution in [1.82, 2.24) is 0 Å². The Bertz CT molecular complexity index is 531. The first-order valence-corrected chi connectivity index (χ1v) is 8.06. The highest BCUT2D eigenvalue weighted by molar-refractivity contribution is 5.46. The average Bonchev–Trinajstić information content (AvgIpc) is 2.44. The van der Waals surface area contributed by atoms with Crippen LogP contribution in [0.3, 0.4) is 0 Å². The van der Waals surface area contributed by atoms with Crippen LogP contribution < -0.4 is 4.90 Å². The van der Waals surface area contributed by atoms with E-state index in [9.17, 15) is 0 Å². The molecule has 2 nitrogen and oxygen atoms in total. The Balaban J connectivity index is 1.90. The molecule has 0 unspecified atom stereocenters. The predicted octanol–water partition coefficient (Wildman–Crippen LogP) is 4.29. The predicted molar refractivity (Wildman–Crippen MR) is 88.5 cm³/mol. The summed E-state index contributed by atoms with van der Waals surface area (Å²) in [5, 5.41) is 0. The number of ether oxygens (including phenoxy) is 1. The molecule has 2 bridgehead atoms. The quantitative estimate of drug-likeness (QED) is 0.752. The van der Waals surface area contributed by atoms with Gasteiger partial charge in [-0.15, -0.1) is 0 Å². The van der Waals surface area contributed by atoms with E-state index in [1.54, 1.807) is 0 Å². The van der Waals surface area contributed by atoms with Crippen molar-refractivity contribution < 1.29 is 4.74 Å². The van der Waals surface area contributed by atoms with Crippen molar-refractivity contribution >= 4 is 5.69 Å². The molecule has 1 fully saturated rings. The SMILES string of the molecule is CC1=C[C@@H](C)[C@H]2CO[C@@H](c3ccc(N(C)C)cc3)[C@@H]1[C@@H]2C. The summed E-state index contributed by atoms with van der Waals surface area (Å²) in [5.41, 5.74) is 4.07.